The number of hydrogen-bond donors (Lipinski definition) is 0. The van der Waals surface area contributed by atoms with Crippen LogP contribution in [0.1, 0.15) is 32.3 Å². The summed E-state index contributed by atoms with van der Waals surface area (Å²) >= 11 is 0. The molecule has 15 heavy (non-hydrogen) atoms. The molecule has 0 fully saturated rings. The molecule has 0 saturated heterocycles. The maximum Gasteiger partial charge on any atom is 0.0312 e. The lowest BCUT2D eigenvalue weighted by atomic mass is 10.1. The number of hydrogen-bond acceptors (Lipinski definition) is 2. The van der Waals surface area contributed by atoms with Gasteiger partial charge in [-0.2, -0.15) is 0 Å². The third-order valence-corrected chi connectivity index (χ3v) is 2.50. The molecule has 0 atom stereocenters. The summed E-state index contributed by atoms with van der Waals surface area (Å²) in [4.78, 5) is 6.48. The third-order valence-electron chi connectivity index (χ3n) is 2.50. The molecule has 2 heteroatoms. The zero-order valence-electron chi connectivity index (χ0n) is 10.1. The van der Waals surface area contributed by atoms with Crippen LogP contribution in [0, 0.1) is 5.92 Å². The van der Waals surface area contributed by atoms with Gasteiger partial charge in [0.15, 0.2) is 0 Å². The summed E-state index contributed by atoms with van der Waals surface area (Å²) in [7, 11) is 2.17. The molecule has 0 saturated carbocycles. The predicted octanol–water partition coefficient (Wildman–Crippen LogP) is 2.95. The van der Waals surface area contributed by atoms with Gasteiger partial charge in [-0.05, 0) is 44.0 Å². The molecule has 0 aromatic carbocycles. The summed E-state index contributed by atoms with van der Waals surface area (Å²) in [6, 6.07) is 4.13. The Morgan fingerprint density at radius 1 is 1.40 bits per heavy atom. The van der Waals surface area contributed by atoms with Crippen molar-refractivity contribution in [3.63, 3.8) is 0 Å². The fourth-order valence-electron chi connectivity index (χ4n) is 1.65. The van der Waals surface area contributed by atoms with Gasteiger partial charge in [-0.15, -0.1) is 0 Å². The second kappa shape index (κ2) is 6.57. The van der Waals surface area contributed by atoms with E-state index in [1.165, 1.54) is 24.9 Å². The Hall–Kier alpha value is -0.890. The standard InChI is InChI=1S/C13H22N2/c1-12(2)6-5-9-15(3)11-13-7-4-8-14-10-13/h4,7-8,10,12H,5-6,9,11H2,1-3H3. The lowest BCUT2D eigenvalue weighted by Crippen LogP contribution is -2.19. The molecule has 0 amide bonds. The maximum atomic E-state index is 4.12. The Balaban J connectivity index is 2.21. The topological polar surface area (TPSA) is 16.1 Å². The highest BCUT2D eigenvalue weighted by Crippen LogP contribution is 2.06. The quantitative estimate of drug-likeness (QED) is 0.711. The van der Waals surface area contributed by atoms with E-state index in [-0.39, 0.29) is 0 Å². The molecule has 0 N–H and O–H groups in total. The molecule has 0 aliphatic carbocycles. The van der Waals surface area contributed by atoms with Crippen molar-refractivity contribution in [2.45, 2.75) is 33.2 Å². The van der Waals surface area contributed by atoms with Crippen LogP contribution in [0.5, 0.6) is 0 Å². The Morgan fingerprint density at radius 3 is 2.80 bits per heavy atom. The van der Waals surface area contributed by atoms with Gasteiger partial charge >= 0.3 is 0 Å². The summed E-state index contributed by atoms with van der Waals surface area (Å²) < 4.78 is 0. The van der Waals surface area contributed by atoms with Gasteiger partial charge in [0, 0.05) is 18.9 Å². The highest BCUT2D eigenvalue weighted by atomic mass is 15.1. The van der Waals surface area contributed by atoms with Crippen LogP contribution in [0.3, 0.4) is 0 Å². The van der Waals surface area contributed by atoms with Gasteiger partial charge in [-0.25, -0.2) is 0 Å². The van der Waals surface area contributed by atoms with Crippen molar-refractivity contribution in [3.8, 4) is 0 Å². The molecule has 0 unspecified atom stereocenters. The molecule has 0 spiro atoms. The maximum absolute atomic E-state index is 4.12. The molecule has 1 aromatic heterocycles. The normalized spacial score (nSPS) is 11.3. The van der Waals surface area contributed by atoms with Crippen LogP contribution in [-0.2, 0) is 6.54 Å². The van der Waals surface area contributed by atoms with Crippen molar-refractivity contribution in [2.75, 3.05) is 13.6 Å². The Bertz CT molecular complexity index is 256. The summed E-state index contributed by atoms with van der Waals surface area (Å²) in [5.74, 6) is 0.816. The molecule has 0 bridgehead atoms. The van der Waals surface area contributed by atoms with Gasteiger partial charge in [0.2, 0.25) is 0 Å². The second-order valence-electron chi connectivity index (χ2n) is 4.64. The first kappa shape index (κ1) is 12.2. The van der Waals surface area contributed by atoms with Gasteiger partial charge in [-0.3, -0.25) is 4.98 Å². The number of aromatic nitrogens is 1. The molecule has 1 rings (SSSR count). The van der Waals surface area contributed by atoms with E-state index >= 15 is 0 Å². The fourth-order valence-corrected chi connectivity index (χ4v) is 1.65. The SMILES string of the molecule is CC(C)CCCN(C)Cc1cccnc1. The van der Waals surface area contributed by atoms with Crippen molar-refractivity contribution < 1.29 is 0 Å². The van der Waals surface area contributed by atoms with E-state index in [1.54, 1.807) is 0 Å². The average Bonchev–Trinajstić information content (AvgIpc) is 2.18. The van der Waals surface area contributed by atoms with Crippen LogP contribution in [0.25, 0.3) is 0 Å². The molecule has 2 nitrogen and oxygen atoms in total. The lowest BCUT2D eigenvalue weighted by molar-refractivity contribution is 0.310. The first-order chi connectivity index (χ1) is 7.18. The van der Waals surface area contributed by atoms with E-state index < -0.39 is 0 Å². The summed E-state index contributed by atoms with van der Waals surface area (Å²) in [6.07, 6.45) is 6.37. The van der Waals surface area contributed by atoms with E-state index in [2.05, 4.69) is 36.8 Å². The van der Waals surface area contributed by atoms with Crippen LogP contribution in [0.15, 0.2) is 24.5 Å². The largest absolute Gasteiger partial charge is 0.302 e. The summed E-state index contributed by atoms with van der Waals surface area (Å²) in [5, 5.41) is 0. The smallest absolute Gasteiger partial charge is 0.0312 e. The van der Waals surface area contributed by atoms with Crippen LogP contribution < -0.4 is 0 Å². The first-order valence-corrected chi connectivity index (χ1v) is 5.76. The molecule has 84 valence electrons. The fraction of sp³-hybridized carbons (Fsp3) is 0.615. The van der Waals surface area contributed by atoms with E-state index in [4.69, 9.17) is 0 Å². The van der Waals surface area contributed by atoms with E-state index in [0.29, 0.717) is 0 Å². The second-order valence-corrected chi connectivity index (χ2v) is 4.64. The molecular formula is C13H22N2. The summed E-state index contributed by atoms with van der Waals surface area (Å²) in [6.45, 7) is 6.74. The molecule has 0 aliphatic heterocycles. The minimum absolute atomic E-state index is 0.816. The van der Waals surface area contributed by atoms with Crippen molar-refractivity contribution in [3.05, 3.63) is 30.1 Å². The highest BCUT2D eigenvalue weighted by molar-refractivity contribution is 5.07. The average molecular weight is 206 g/mol. The Morgan fingerprint density at radius 2 is 2.20 bits per heavy atom. The van der Waals surface area contributed by atoms with Crippen molar-refractivity contribution in [1.82, 2.24) is 9.88 Å². The zero-order valence-corrected chi connectivity index (χ0v) is 10.1. The lowest BCUT2D eigenvalue weighted by Gasteiger charge is -2.16. The Labute approximate surface area is 93.3 Å². The first-order valence-electron chi connectivity index (χ1n) is 5.76. The van der Waals surface area contributed by atoms with Crippen molar-refractivity contribution >= 4 is 0 Å². The predicted molar refractivity (Wildman–Crippen MR) is 64.6 cm³/mol. The van der Waals surface area contributed by atoms with Gasteiger partial charge in [-0.1, -0.05) is 19.9 Å². The van der Waals surface area contributed by atoms with Crippen LogP contribution in [-0.4, -0.2) is 23.5 Å². The number of pyridine rings is 1. The third kappa shape index (κ3) is 5.53. The highest BCUT2D eigenvalue weighted by Gasteiger charge is 2.00. The minimum Gasteiger partial charge on any atom is -0.302 e. The zero-order chi connectivity index (χ0) is 11.1. The number of rotatable bonds is 6. The number of nitrogens with zero attached hydrogens (tertiary/aromatic N) is 2. The van der Waals surface area contributed by atoms with Crippen LogP contribution in [0.4, 0.5) is 0 Å². The molecule has 1 aromatic rings. The molecule has 1 heterocycles. The van der Waals surface area contributed by atoms with E-state index in [9.17, 15) is 0 Å². The van der Waals surface area contributed by atoms with Crippen LogP contribution >= 0.6 is 0 Å². The van der Waals surface area contributed by atoms with Crippen molar-refractivity contribution in [2.24, 2.45) is 5.92 Å². The Kier molecular flexibility index (Phi) is 5.33. The van der Waals surface area contributed by atoms with Gasteiger partial charge in [0.25, 0.3) is 0 Å². The van der Waals surface area contributed by atoms with Gasteiger partial charge < -0.3 is 4.90 Å². The van der Waals surface area contributed by atoms with E-state index in [0.717, 1.165) is 12.5 Å². The van der Waals surface area contributed by atoms with Crippen LogP contribution in [0.2, 0.25) is 0 Å². The monoisotopic (exact) mass is 206 g/mol. The molecule has 0 aliphatic rings. The van der Waals surface area contributed by atoms with Gasteiger partial charge in [0.05, 0.1) is 0 Å². The molecular weight excluding hydrogens is 184 g/mol. The van der Waals surface area contributed by atoms with E-state index in [1.807, 2.05) is 18.5 Å². The minimum atomic E-state index is 0.816. The van der Waals surface area contributed by atoms with Gasteiger partial charge in [0.1, 0.15) is 0 Å². The van der Waals surface area contributed by atoms with Crippen molar-refractivity contribution in [1.29, 1.82) is 0 Å². The molecule has 0 radical (unpaired) electrons. The summed E-state index contributed by atoms with van der Waals surface area (Å²) in [5.41, 5.74) is 1.30.